The van der Waals surface area contributed by atoms with Crippen molar-refractivity contribution in [2.24, 2.45) is 5.10 Å². The van der Waals surface area contributed by atoms with Crippen LogP contribution in [0.25, 0.3) is 0 Å². The lowest BCUT2D eigenvalue weighted by Gasteiger charge is -1.91. The molecule has 0 aliphatic rings. The van der Waals surface area contributed by atoms with Gasteiger partial charge < -0.3 is 0 Å². The molecule has 0 unspecified atom stereocenters. The van der Waals surface area contributed by atoms with Crippen LogP contribution in [0.3, 0.4) is 0 Å². The molecule has 1 heterocycles. The number of hydrogen-bond donors (Lipinski definition) is 1. The summed E-state index contributed by atoms with van der Waals surface area (Å²) >= 11 is 1.16. The Kier molecular flexibility index (Phi) is 2.77. The zero-order valence-corrected chi connectivity index (χ0v) is 7.98. The Hall–Kier alpha value is -1.82. The molecular formula is C8H7N5S. The van der Waals surface area contributed by atoms with Gasteiger partial charge in [0.1, 0.15) is 0 Å². The van der Waals surface area contributed by atoms with E-state index in [4.69, 9.17) is 0 Å². The van der Waals surface area contributed by atoms with Crippen LogP contribution in [-0.2, 0) is 0 Å². The molecule has 1 aromatic heterocycles. The number of hydrogen-bond acceptors (Lipinski definition) is 6. The van der Waals surface area contributed by atoms with Crippen molar-refractivity contribution in [3.05, 3.63) is 35.9 Å². The summed E-state index contributed by atoms with van der Waals surface area (Å²) in [6.07, 6.45) is 1.71. The Morgan fingerprint density at radius 1 is 1.29 bits per heavy atom. The van der Waals surface area contributed by atoms with Crippen LogP contribution in [0.1, 0.15) is 5.56 Å². The topological polar surface area (TPSA) is 63.1 Å². The quantitative estimate of drug-likeness (QED) is 0.607. The minimum absolute atomic E-state index is 0.581. The maximum Gasteiger partial charge on any atom is 0.245 e. The van der Waals surface area contributed by atoms with Crippen LogP contribution >= 0.6 is 11.5 Å². The van der Waals surface area contributed by atoms with Crippen molar-refractivity contribution >= 4 is 22.9 Å². The third-order valence-electron chi connectivity index (χ3n) is 1.47. The molecule has 70 valence electrons. The molecule has 14 heavy (non-hydrogen) atoms. The molecule has 0 aliphatic heterocycles. The Bertz CT molecular complexity index is 397. The predicted octanol–water partition coefficient (Wildman–Crippen LogP) is 1.38. The van der Waals surface area contributed by atoms with Crippen LogP contribution in [-0.4, -0.2) is 21.0 Å². The predicted molar refractivity (Wildman–Crippen MR) is 55.4 cm³/mol. The molecule has 0 bridgehead atoms. The fraction of sp³-hybridized carbons (Fsp3) is 0. The van der Waals surface area contributed by atoms with Crippen LogP contribution in [0.4, 0.5) is 5.13 Å². The van der Waals surface area contributed by atoms with E-state index in [1.165, 1.54) is 0 Å². The summed E-state index contributed by atoms with van der Waals surface area (Å²) in [6, 6.07) is 9.79. The molecule has 0 radical (unpaired) electrons. The minimum Gasteiger partial charge on any atom is -0.250 e. The maximum atomic E-state index is 3.98. The number of rotatable bonds is 3. The SMILES string of the molecule is C(=N\Nc1nnns1)/c1ccccc1. The molecule has 0 spiro atoms. The highest BCUT2D eigenvalue weighted by molar-refractivity contribution is 7.09. The van der Waals surface area contributed by atoms with Gasteiger partial charge in [0.2, 0.25) is 5.13 Å². The summed E-state index contributed by atoms with van der Waals surface area (Å²) in [6.45, 7) is 0. The second-order valence-electron chi connectivity index (χ2n) is 2.45. The van der Waals surface area contributed by atoms with E-state index < -0.39 is 0 Å². The molecule has 1 N–H and O–H groups in total. The van der Waals surface area contributed by atoms with Crippen LogP contribution in [0.5, 0.6) is 0 Å². The van der Waals surface area contributed by atoms with Gasteiger partial charge >= 0.3 is 0 Å². The van der Waals surface area contributed by atoms with Crippen LogP contribution in [0, 0.1) is 0 Å². The average molecular weight is 205 g/mol. The summed E-state index contributed by atoms with van der Waals surface area (Å²) in [5.74, 6) is 0. The second kappa shape index (κ2) is 4.43. The highest BCUT2D eigenvalue weighted by Crippen LogP contribution is 2.03. The largest absolute Gasteiger partial charge is 0.250 e. The average Bonchev–Trinajstić information content (AvgIpc) is 2.72. The summed E-state index contributed by atoms with van der Waals surface area (Å²) in [4.78, 5) is 0. The highest BCUT2D eigenvalue weighted by atomic mass is 32.1. The van der Waals surface area contributed by atoms with Gasteiger partial charge in [-0.15, -0.1) is 0 Å². The van der Waals surface area contributed by atoms with E-state index in [0.717, 1.165) is 17.1 Å². The molecule has 5 nitrogen and oxygen atoms in total. The number of anilines is 1. The Morgan fingerprint density at radius 3 is 2.86 bits per heavy atom. The van der Waals surface area contributed by atoms with E-state index >= 15 is 0 Å². The van der Waals surface area contributed by atoms with Gasteiger partial charge in [0.05, 0.1) is 6.21 Å². The zero-order valence-electron chi connectivity index (χ0n) is 7.16. The first-order valence-corrected chi connectivity index (χ1v) is 4.71. The normalized spacial score (nSPS) is 10.6. The van der Waals surface area contributed by atoms with Gasteiger partial charge in [0, 0.05) is 11.5 Å². The van der Waals surface area contributed by atoms with Crippen molar-refractivity contribution in [3.63, 3.8) is 0 Å². The Balaban J connectivity index is 1.96. The zero-order chi connectivity index (χ0) is 9.64. The number of benzene rings is 1. The van der Waals surface area contributed by atoms with Crippen molar-refractivity contribution < 1.29 is 0 Å². The van der Waals surface area contributed by atoms with Crippen LogP contribution in [0.15, 0.2) is 35.4 Å². The van der Waals surface area contributed by atoms with Crippen molar-refractivity contribution in [1.82, 2.24) is 14.8 Å². The molecule has 6 heteroatoms. The van der Waals surface area contributed by atoms with Gasteiger partial charge in [-0.05, 0) is 10.8 Å². The molecule has 0 saturated heterocycles. The Labute approximate surface area is 84.6 Å². The minimum atomic E-state index is 0.581. The number of aromatic nitrogens is 3. The highest BCUT2D eigenvalue weighted by Gasteiger charge is 1.91. The summed E-state index contributed by atoms with van der Waals surface area (Å²) in [7, 11) is 0. The van der Waals surface area contributed by atoms with Gasteiger partial charge in [-0.25, -0.2) is 5.43 Å². The third kappa shape index (κ3) is 2.33. The van der Waals surface area contributed by atoms with Gasteiger partial charge in [0.25, 0.3) is 0 Å². The molecule has 0 atom stereocenters. The van der Waals surface area contributed by atoms with E-state index in [0.29, 0.717) is 5.13 Å². The number of nitrogens with zero attached hydrogens (tertiary/aromatic N) is 4. The third-order valence-corrected chi connectivity index (χ3v) is 1.97. The smallest absolute Gasteiger partial charge is 0.245 e. The van der Waals surface area contributed by atoms with Gasteiger partial charge in [-0.1, -0.05) is 39.9 Å². The Morgan fingerprint density at radius 2 is 2.14 bits per heavy atom. The molecule has 0 saturated carbocycles. The molecule has 0 fully saturated rings. The standard InChI is InChI=1S/C8H7N5S/c1-2-4-7(5-3-1)6-9-10-8-11-12-13-14-8/h1-6H,(H,10,11,13)/b9-6+. The fourth-order valence-corrected chi connectivity index (χ4v) is 1.19. The maximum absolute atomic E-state index is 3.98. The van der Waals surface area contributed by atoms with Gasteiger partial charge in [-0.3, -0.25) is 0 Å². The van der Waals surface area contributed by atoms with E-state index in [-0.39, 0.29) is 0 Å². The molecule has 0 amide bonds. The van der Waals surface area contributed by atoms with Crippen molar-refractivity contribution in [2.75, 3.05) is 5.43 Å². The van der Waals surface area contributed by atoms with Crippen molar-refractivity contribution in [1.29, 1.82) is 0 Å². The van der Waals surface area contributed by atoms with E-state index in [2.05, 4.69) is 25.3 Å². The number of nitrogens with one attached hydrogen (secondary N) is 1. The van der Waals surface area contributed by atoms with E-state index in [1.807, 2.05) is 30.3 Å². The lowest BCUT2D eigenvalue weighted by atomic mass is 10.2. The van der Waals surface area contributed by atoms with Gasteiger partial charge in [-0.2, -0.15) is 5.10 Å². The monoisotopic (exact) mass is 205 g/mol. The molecular weight excluding hydrogens is 198 g/mol. The summed E-state index contributed by atoms with van der Waals surface area (Å²) < 4.78 is 3.59. The van der Waals surface area contributed by atoms with Crippen molar-refractivity contribution in [3.8, 4) is 0 Å². The first kappa shape index (κ1) is 8.76. The van der Waals surface area contributed by atoms with Crippen molar-refractivity contribution in [2.45, 2.75) is 0 Å². The lowest BCUT2D eigenvalue weighted by molar-refractivity contribution is 0.956. The van der Waals surface area contributed by atoms with E-state index in [9.17, 15) is 0 Å². The second-order valence-corrected chi connectivity index (χ2v) is 3.18. The molecule has 0 aliphatic carbocycles. The first-order valence-electron chi connectivity index (χ1n) is 3.94. The number of hydrazone groups is 1. The van der Waals surface area contributed by atoms with Crippen LogP contribution < -0.4 is 5.43 Å². The molecule has 2 aromatic rings. The van der Waals surface area contributed by atoms with Gasteiger partial charge in [0.15, 0.2) is 0 Å². The van der Waals surface area contributed by atoms with Crippen LogP contribution in [0.2, 0.25) is 0 Å². The molecule has 2 rings (SSSR count). The lowest BCUT2D eigenvalue weighted by Crippen LogP contribution is -1.89. The van der Waals surface area contributed by atoms with E-state index in [1.54, 1.807) is 6.21 Å². The first-order chi connectivity index (χ1) is 6.95. The summed E-state index contributed by atoms with van der Waals surface area (Å²) in [5.41, 5.74) is 3.75. The summed E-state index contributed by atoms with van der Waals surface area (Å²) in [5, 5.41) is 11.7. The molecule has 1 aromatic carbocycles. The fourth-order valence-electron chi connectivity index (χ4n) is 0.878.